The Balaban J connectivity index is 1.47. The molecular weight excluding hydrogens is 474 g/mol. The van der Waals surface area contributed by atoms with Crippen molar-refractivity contribution < 1.29 is 4.74 Å². The van der Waals surface area contributed by atoms with Crippen molar-refractivity contribution in [3.63, 3.8) is 0 Å². The summed E-state index contributed by atoms with van der Waals surface area (Å²) < 4.78 is 6.88. The lowest BCUT2D eigenvalue weighted by Crippen LogP contribution is -1.94. The molecule has 0 amide bonds. The molecule has 184 valence electrons. The van der Waals surface area contributed by atoms with Crippen molar-refractivity contribution in [2.24, 2.45) is 0 Å². The van der Waals surface area contributed by atoms with Gasteiger partial charge in [0.1, 0.15) is 11.5 Å². The van der Waals surface area contributed by atoms with Crippen LogP contribution in [0.25, 0.3) is 55.1 Å². The Morgan fingerprint density at radius 3 is 1.54 bits per heavy atom. The van der Waals surface area contributed by atoms with Crippen LogP contribution in [0, 0.1) is 0 Å². The van der Waals surface area contributed by atoms with Gasteiger partial charge in [-0.25, -0.2) is 0 Å². The van der Waals surface area contributed by atoms with Crippen LogP contribution in [0.1, 0.15) is 0 Å². The van der Waals surface area contributed by atoms with Gasteiger partial charge >= 0.3 is 0 Å². The smallest absolute Gasteiger partial charge is 0.144 e. The van der Waals surface area contributed by atoms with Crippen LogP contribution in [0.15, 0.2) is 152 Å². The number of rotatable bonds is 5. The fraction of sp³-hybridized carbons (Fsp3) is 0. The van der Waals surface area contributed by atoms with Crippen LogP contribution < -0.4 is 4.74 Å². The molecule has 6 aromatic carbocycles. The number of pyridine rings is 1. The number of ether oxygens (including phenoxy) is 1. The quantitative estimate of drug-likeness (QED) is 0.220. The highest BCUT2D eigenvalue weighted by Crippen LogP contribution is 2.44. The zero-order valence-electron chi connectivity index (χ0n) is 21.3. The van der Waals surface area contributed by atoms with Gasteiger partial charge in [0.25, 0.3) is 0 Å². The van der Waals surface area contributed by atoms with Gasteiger partial charge in [0.05, 0.1) is 5.52 Å². The Morgan fingerprint density at radius 2 is 0.923 bits per heavy atom. The van der Waals surface area contributed by atoms with Crippen molar-refractivity contribution in [3.05, 3.63) is 152 Å². The van der Waals surface area contributed by atoms with Crippen LogP contribution in [0.2, 0.25) is 0 Å². The number of benzene rings is 6. The zero-order valence-corrected chi connectivity index (χ0v) is 21.3. The third kappa shape index (κ3) is 4.32. The first-order valence-electron chi connectivity index (χ1n) is 13.1. The van der Waals surface area contributed by atoms with Crippen molar-refractivity contribution in [3.8, 4) is 44.9 Å². The van der Waals surface area contributed by atoms with Crippen LogP contribution in [0.5, 0.6) is 11.5 Å². The van der Waals surface area contributed by atoms with Gasteiger partial charge in [-0.1, -0.05) is 115 Å². The lowest BCUT2D eigenvalue weighted by molar-refractivity contribution is 0.494. The maximum Gasteiger partial charge on any atom is 0.144 e. The van der Waals surface area contributed by atoms with E-state index in [1.54, 1.807) is 0 Å². The molecule has 0 unspecified atom stereocenters. The fourth-order valence-corrected chi connectivity index (χ4v) is 5.34. The molecule has 7 rings (SSSR count). The third-order valence-electron chi connectivity index (χ3n) is 7.13. The van der Waals surface area contributed by atoms with E-state index >= 15 is 0 Å². The number of fused-ring (bicyclic) bond motifs is 2. The highest BCUT2D eigenvalue weighted by Gasteiger charge is 2.18. The summed E-state index contributed by atoms with van der Waals surface area (Å²) in [5.41, 5.74) is 7.71. The molecule has 0 fully saturated rings. The Morgan fingerprint density at radius 1 is 0.410 bits per heavy atom. The van der Waals surface area contributed by atoms with Gasteiger partial charge in [-0.05, 0) is 63.5 Å². The molecule has 0 aliphatic rings. The van der Waals surface area contributed by atoms with Crippen LogP contribution in [-0.4, -0.2) is 4.98 Å². The summed E-state index contributed by atoms with van der Waals surface area (Å²) in [6.45, 7) is 0. The lowest BCUT2D eigenvalue weighted by Gasteiger charge is -2.18. The van der Waals surface area contributed by atoms with Gasteiger partial charge in [-0.3, -0.25) is 4.98 Å². The van der Waals surface area contributed by atoms with E-state index in [1.807, 2.05) is 30.5 Å². The van der Waals surface area contributed by atoms with Crippen molar-refractivity contribution in [1.82, 2.24) is 4.98 Å². The first-order chi connectivity index (χ1) is 19.3. The lowest BCUT2D eigenvalue weighted by atomic mass is 9.94. The molecule has 0 saturated carbocycles. The highest BCUT2D eigenvalue weighted by molar-refractivity contribution is 6.15. The summed E-state index contributed by atoms with van der Waals surface area (Å²) >= 11 is 0. The maximum absolute atomic E-state index is 6.88. The van der Waals surface area contributed by atoms with Crippen LogP contribution in [0.4, 0.5) is 0 Å². The first-order valence-corrected chi connectivity index (χ1v) is 13.1. The molecule has 2 nitrogen and oxygen atoms in total. The van der Waals surface area contributed by atoms with Crippen molar-refractivity contribution >= 4 is 21.7 Å². The number of aromatic nitrogens is 1. The van der Waals surface area contributed by atoms with E-state index in [4.69, 9.17) is 9.72 Å². The molecule has 39 heavy (non-hydrogen) atoms. The molecule has 0 bridgehead atoms. The summed E-state index contributed by atoms with van der Waals surface area (Å²) in [4.78, 5) is 4.86. The summed E-state index contributed by atoms with van der Waals surface area (Å²) in [7, 11) is 0. The topological polar surface area (TPSA) is 22.1 Å². The van der Waals surface area contributed by atoms with E-state index in [-0.39, 0.29) is 0 Å². The number of hydrogen-bond acceptors (Lipinski definition) is 2. The molecule has 0 spiro atoms. The minimum atomic E-state index is 0.790. The summed E-state index contributed by atoms with van der Waals surface area (Å²) in [6.07, 6.45) is 1.86. The molecule has 0 aliphatic heterocycles. The molecule has 2 heteroatoms. The van der Waals surface area contributed by atoms with E-state index in [9.17, 15) is 0 Å². The van der Waals surface area contributed by atoms with Gasteiger partial charge in [-0.15, -0.1) is 0 Å². The minimum absolute atomic E-state index is 0.790. The highest BCUT2D eigenvalue weighted by atomic mass is 16.5. The Labute approximate surface area is 227 Å². The number of hydrogen-bond donors (Lipinski definition) is 0. The van der Waals surface area contributed by atoms with Gasteiger partial charge in [0, 0.05) is 22.5 Å². The van der Waals surface area contributed by atoms with Gasteiger partial charge in [0.2, 0.25) is 0 Å². The van der Waals surface area contributed by atoms with E-state index in [0.29, 0.717) is 0 Å². The average Bonchev–Trinajstić information content (AvgIpc) is 3.02. The molecule has 0 N–H and O–H groups in total. The van der Waals surface area contributed by atoms with Crippen molar-refractivity contribution in [1.29, 1.82) is 0 Å². The SMILES string of the molecule is c1ccc(-c2cc(Oc3c4ccccc4c(-c4ccccc4)c4ncccc34)cc(-c3ccccc3)c2)cc1. The first kappa shape index (κ1) is 22.9. The van der Waals surface area contributed by atoms with Crippen molar-refractivity contribution in [2.45, 2.75) is 0 Å². The molecule has 0 aliphatic carbocycles. The largest absolute Gasteiger partial charge is 0.456 e. The second kappa shape index (κ2) is 9.92. The number of nitrogens with zero attached hydrogens (tertiary/aromatic N) is 1. The average molecular weight is 500 g/mol. The predicted molar refractivity (Wildman–Crippen MR) is 162 cm³/mol. The Kier molecular flexibility index (Phi) is 5.84. The normalized spacial score (nSPS) is 11.1. The Bertz CT molecular complexity index is 1800. The molecule has 0 saturated heterocycles. The van der Waals surface area contributed by atoms with Gasteiger partial charge in [0.15, 0.2) is 0 Å². The van der Waals surface area contributed by atoms with Gasteiger partial charge in [-0.2, -0.15) is 0 Å². The monoisotopic (exact) mass is 499 g/mol. The van der Waals surface area contributed by atoms with Crippen molar-refractivity contribution in [2.75, 3.05) is 0 Å². The zero-order chi connectivity index (χ0) is 26.0. The standard InChI is InChI=1S/C37H25NO/c1-4-13-26(14-5-1)29-23-30(27-15-6-2-7-16-27)25-31(24-29)39-37-33-20-11-10-19-32(33)35(28-17-8-3-9-18-28)36-34(37)21-12-22-38-36/h1-25H. The Hall–Kier alpha value is -5.21. The summed E-state index contributed by atoms with van der Waals surface area (Å²) in [5.74, 6) is 1.61. The van der Waals surface area contributed by atoms with E-state index in [1.165, 1.54) is 0 Å². The minimum Gasteiger partial charge on any atom is -0.456 e. The molecule has 0 atom stereocenters. The second-order valence-corrected chi connectivity index (χ2v) is 9.60. The summed E-state index contributed by atoms with van der Waals surface area (Å²) in [6, 6.07) is 50.4. The summed E-state index contributed by atoms with van der Waals surface area (Å²) in [5, 5.41) is 3.16. The van der Waals surface area contributed by atoms with Crippen LogP contribution in [0.3, 0.4) is 0 Å². The molecule has 1 heterocycles. The molecule has 1 aromatic heterocycles. The van der Waals surface area contributed by atoms with E-state index in [2.05, 4.69) is 121 Å². The second-order valence-electron chi connectivity index (χ2n) is 9.60. The van der Waals surface area contributed by atoms with Gasteiger partial charge < -0.3 is 4.74 Å². The van der Waals surface area contributed by atoms with E-state index < -0.39 is 0 Å². The van der Waals surface area contributed by atoms with Crippen LogP contribution in [-0.2, 0) is 0 Å². The van der Waals surface area contributed by atoms with Crippen LogP contribution >= 0.6 is 0 Å². The fourth-order valence-electron chi connectivity index (χ4n) is 5.34. The molecule has 7 aromatic rings. The third-order valence-corrected chi connectivity index (χ3v) is 7.13. The predicted octanol–water partition coefficient (Wildman–Crippen LogP) is 10.2. The molecule has 0 radical (unpaired) electrons. The maximum atomic E-state index is 6.88. The van der Waals surface area contributed by atoms with E-state index in [0.717, 1.165) is 66.6 Å². The molecular formula is C37H25NO.